The number of H-pyrrole nitrogens is 1. The van der Waals surface area contributed by atoms with E-state index >= 15 is 0 Å². The molecule has 512 valence electrons. The predicted molar refractivity (Wildman–Crippen MR) is 392 cm³/mol. The van der Waals surface area contributed by atoms with Crippen molar-refractivity contribution in [1.82, 2.24) is 38.7 Å². The van der Waals surface area contributed by atoms with Crippen molar-refractivity contribution in [3.8, 4) is 56.9 Å². The Hall–Kier alpha value is -10.4. The Balaban J connectivity index is 0.000000201. The molecule has 8 aromatic carbocycles. The molecule has 2 saturated heterocycles. The molecule has 2 aliphatic heterocycles. The van der Waals surface area contributed by atoms with Crippen LogP contribution < -0.4 is 35.6 Å². The zero-order valence-electron chi connectivity index (χ0n) is 54.8. The summed E-state index contributed by atoms with van der Waals surface area (Å²) in [6.07, 6.45) is -0.385. The van der Waals surface area contributed by atoms with E-state index in [0.717, 1.165) is 61.8 Å². The van der Waals surface area contributed by atoms with Crippen molar-refractivity contribution in [1.29, 1.82) is 0 Å². The van der Waals surface area contributed by atoms with E-state index in [1.54, 1.807) is 23.5 Å². The lowest BCUT2D eigenvalue weighted by atomic mass is 10.1. The number of aromatic nitrogens is 4. The van der Waals surface area contributed by atoms with Crippen molar-refractivity contribution in [2.75, 3.05) is 78.8 Å². The van der Waals surface area contributed by atoms with Gasteiger partial charge < -0.3 is 48.7 Å². The largest absolute Gasteiger partial charge is 0.490 e. The van der Waals surface area contributed by atoms with Crippen LogP contribution in [0, 0.1) is 13.8 Å². The molecule has 18 nitrogen and oxygen atoms in total. The molecule has 10 aromatic rings. The molecule has 0 aliphatic carbocycles. The highest BCUT2D eigenvalue weighted by molar-refractivity contribution is 9.08. The summed E-state index contributed by atoms with van der Waals surface area (Å²) in [5.41, 5.74) is 7.49. The monoisotopic (exact) mass is 1390 g/mol. The van der Waals surface area contributed by atoms with Crippen LogP contribution >= 0.6 is 15.9 Å². The average molecular weight is 1390 g/mol. The molecule has 3 amide bonds. The third-order valence-corrected chi connectivity index (χ3v) is 16.5. The number of piperazine rings is 2. The summed E-state index contributed by atoms with van der Waals surface area (Å²) in [5, 5.41) is 4.16. The Morgan fingerprint density at radius 1 is 0.469 bits per heavy atom. The summed E-state index contributed by atoms with van der Waals surface area (Å²) in [6.45, 7) is 15.5. The highest BCUT2D eigenvalue weighted by Gasteiger charge is 2.33. The molecule has 2 fully saturated rings. The van der Waals surface area contributed by atoms with Gasteiger partial charge in [-0.25, -0.2) is 14.4 Å². The molecular weight excluding hydrogens is 1300 g/mol. The van der Waals surface area contributed by atoms with Crippen LogP contribution in [0.5, 0.6) is 23.0 Å². The number of imidazole rings is 2. The van der Waals surface area contributed by atoms with E-state index in [-0.39, 0.29) is 56.4 Å². The predicted octanol–water partition coefficient (Wildman–Crippen LogP) is 14.3. The number of carbonyl (C=O) groups excluding carboxylic acids is 3. The summed E-state index contributed by atoms with van der Waals surface area (Å²) >= 11 is 3.42. The van der Waals surface area contributed by atoms with Gasteiger partial charge in [0.05, 0.1) is 29.3 Å². The topological polar surface area (TPSA) is 184 Å². The number of hydrogen-bond donors (Lipinski definition) is 2. The van der Waals surface area contributed by atoms with Gasteiger partial charge in [0, 0.05) is 68.8 Å². The first kappa shape index (κ1) is 73.4. The highest BCUT2D eigenvalue weighted by atomic mass is 79.9. The summed E-state index contributed by atoms with van der Waals surface area (Å²) in [7, 11) is 0. The van der Waals surface area contributed by atoms with Crippen molar-refractivity contribution < 1.29 is 38.1 Å². The molecule has 19 heteroatoms. The van der Waals surface area contributed by atoms with Crippen LogP contribution in [0.3, 0.4) is 0 Å². The first-order chi connectivity index (χ1) is 46.6. The SMILES string of the molecule is BrCc1cccc(OCCOc2ccccc2)c1.C.C.Cc1ccccc1-n1c(-c2ccccc2)c(C(=O)N2CCN(C(=O)OC(C)(C)C)CC2)[nH]c1=O.Cc1ccccc1-n1c(-c2ccccc2)c(C(=O)N2CCNCC2)n(Cc2cccc(OCCOc3ccccc3)c2)c1=O. The normalized spacial score (nSPS) is 12.7. The van der Waals surface area contributed by atoms with Crippen LogP contribution in [0.25, 0.3) is 33.9 Å². The van der Waals surface area contributed by atoms with Gasteiger partial charge in [-0.3, -0.25) is 23.3 Å². The number of nitrogens with one attached hydrogen (secondary N) is 2. The van der Waals surface area contributed by atoms with Crippen molar-refractivity contribution in [3.05, 3.63) is 273 Å². The Morgan fingerprint density at radius 3 is 1.39 bits per heavy atom. The minimum Gasteiger partial charge on any atom is -0.490 e. The van der Waals surface area contributed by atoms with Crippen molar-refractivity contribution in [2.24, 2.45) is 0 Å². The van der Waals surface area contributed by atoms with Gasteiger partial charge in [0.1, 0.15) is 66.4 Å². The first-order valence-electron chi connectivity index (χ1n) is 32.2. The summed E-state index contributed by atoms with van der Waals surface area (Å²) in [6, 6.07) is 69.5. The van der Waals surface area contributed by atoms with Crippen LogP contribution in [0.2, 0.25) is 0 Å². The van der Waals surface area contributed by atoms with E-state index in [4.69, 9.17) is 23.7 Å². The van der Waals surface area contributed by atoms with Crippen LogP contribution in [-0.2, 0) is 16.6 Å². The fourth-order valence-electron chi connectivity index (χ4n) is 11.2. The lowest BCUT2D eigenvalue weighted by Crippen LogP contribution is -2.51. The summed E-state index contributed by atoms with van der Waals surface area (Å²) in [4.78, 5) is 75.8. The molecule has 2 aromatic heterocycles. The highest BCUT2D eigenvalue weighted by Crippen LogP contribution is 2.31. The van der Waals surface area contributed by atoms with Gasteiger partial charge in [-0.05, 0) is 118 Å². The van der Waals surface area contributed by atoms with Crippen LogP contribution in [0.1, 0.15) is 78.9 Å². The number of ether oxygens (including phenoxy) is 5. The number of hydrogen-bond acceptors (Lipinski definition) is 11. The lowest BCUT2D eigenvalue weighted by molar-refractivity contribution is 0.0140. The molecule has 0 unspecified atom stereocenters. The minimum absolute atomic E-state index is 0. The summed E-state index contributed by atoms with van der Waals surface area (Å²) in [5.74, 6) is 2.79. The number of alkyl halides is 1. The van der Waals surface area contributed by atoms with E-state index in [1.165, 1.54) is 5.56 Å². The van der Waals surface area contributed by atoms with E-state index in [0.29, 0.717) is 102 Å². The molecule has 12 rings (SSSR count). The molecule has 4 heterocycles. The van der Waals surface area contributed by atoms with Crippen LogP contribution in [0.15, 0.2) is 228 Å². The van der Waals surface area contributed by atoms with Crippen molar-refractivity contribution in [2.45, 2.75) is 66.9 Å². The Labute approximate surface area is 583 Å². The molecule has 2 N–H and O–H groups in total. The maximum atomic E-state index is 14.5. The van der Waals surface area contributed by atoms with E-state index in [9.17, 15) is 24.0 Å². The quantitative estimate of drug-likeness (QED) is 0.0580. The van der Waals surface area contributed by atoms with Crippen LogP contribution in [-0.4, -0.2) is 136 Å². The third-order valence-electron chi connectivity index (χ3n) is 15.9. The Morgan fingerprint density at radius 2 is 0.888 bits per heavy atom. The molecule has 0 saturated carbocycles. The van der Waals surface area contributed by atoms with Gasteiger partial charge in [-0.2, -0.15) is 0 Å². The average Bonchev–Trinajstić information content (AvgIpc) is 1.60. The lowest BCUT2D eigenvalue weighted by Gasteiger charge is -2.35. The van der Waals surface area contributed by atoms with E-state index in [1.807, 2.05) is 252 Å². The first-order valence-corrected chi connectivity index (χ1v) is 33.3. The van der Waals surface area contributed by atoms with Crippen LogP contribution in [0.4, 0.5) is 4.79 Å². The van der Waals surface area contributed by atoms with E-state index in [2.05, 4.69) is 32.3 Å². The van der Waals surface area contributed by atoms with Gasteiger partial charge in [0.2, 0.25) is 0 Å². The van der Waals surface area contributed by atoms with Crippen molar-refractivity contribution in [3.63, 3.8) is 0 Å². The second kappa shape index (κ2) is 35.6. The number of nitrogens with zero attached hydrogens (tertiary/aromatic N) is 6. The number of benzene rings is 8. The summed E-state index contributed by atoms with van der Waals surface area (Å²) < 4.78 is 33.3. The standard InChI is InChI=1S/C36H36N4O4.C26H30N4O4.C15H15BrO2.2CH4/c1-27-11-8-9-18-32(27)40-33(29-13-4-2-5-14-29)34(35(41)38-21-19-37-20-22-38)39(36(40)42)26-28-12-10-17-31(25-28)44-24-23-43-30-15-6-3-7-16-30;1-18-10-8-9-13-20(18)30-22(19-11-6-5-7-12-19)21(27-24(30)32)23(31)28-14-16-29(17-15-28)25(33)34-26(2,3)4;16-12-13-5-4-8-15(11-13)18-10-9-17-14-6-2-1-3-7-14;;/h2-18,25,37H,19-24,26H2,1H3;5-13H,14-17H2,1-4H3,(H,27,32);1-8,11H,9-10,12H2;2*1H4. The van der Waals surface area contributed by atoms with Gasteiger partial charge >= 0.3 is 17.5 Å². The molecule has 0 bridgehead atoms. The molecule has 0 radical (unpaired) electrons. The van der Waals surface area contributed by atoms with Gasteiger partial charge in [0.15, 0.2) is 0 Å². The third kappa shape index (κ3) is 19.2. The van der Waals surface area contributed by atoms with E-state index < -0.39 is 5.60 Å². The molecular formula is C79H89BrN8O10. The zero-order valence-corrected chi connectivity index (χ0v) is 56.4. The molecule has 2 aliphatic rings. The second-order valence-electron chi connectivity index (χ2n) is 23.9. The number of aryl methyl sites for hydroxylation is 2. The van der Waals surface area contributed by atoms with Gasteiger partial charge in [-0.15, -0.1) is 0 Å². The fraction of sp³-hybridized carbons (Fsp3) is 0.278. The number of para-hydroxylation sites is 4. The van der Waals surface area contributed by atoms with Gasteiger partial charge in [0.25, 0.3) is 11.8 Å². The maximum absolute atomic E-state index is 14.5. The number of carbonyl (C=O) groups is 3. The molecule has 0 spiro atoms. The smallest absolute Gasteiger partial charge is 0.410 e. The zero-order chi connectivity index (χ0) is 67.4. The maximum Gasteiger partial charge on any atom is 0.410 e. The minimum atomic E-state index is -0.577. The molecule has 98 heavy (non-hydrogen) atoms. The Kier molecular flexibility index (Phi) is 26.7. The number of rotatable bonds is 19. The number of halogens is 1. The van der Waals surface area contributed by atoms with Crippen molar-refractivity contribution >= 4 is 33.8 Å². The Bertz CT molecular complexity index is 4310. The number of aromatic amines is 1. The molecule has 0 atom stereocenters. The number of amides is 3. The fourth-order valence-corrected chi connectivity index (χ4v) is 11.6. The second-order valence-corrected chi connectivity index (χ2v) is 24.5. The van der Waals surface area contributed by atoms with Gasteiger partial charge in [-0.1, -0.05) is 189 Å².